The van der Waals surface area contributed by atoms with E-state index in [0.717, 1.165) is 18.5 Å². The molecule has 19 heavy (non-hydrogen) atoms. The lowest BCUT2D eigenvalue weighted by molar-refractivity contribution is 0.171. The molecule has 1 aliphatic heterocycles. The number of aliphatic hydroxyl groups is 1. The molecule has 1 atom stereocenters. The first kappa shape index (κ1) is 12.7. The number of benzene rings is 1. The van der Waals surface area contributed by atoms with Crippen LogP contribution in [0.1, 0.15) is 12.3 Å². The van der Waals surface area contributed by atoms with E-state index in [-0.39, 0.29) is 6.10 Å². The molecule has 0 amide bonds. The molecule has 1 fully saturated rings. The third kappa shape index (κ3) is 2.81. The van der Waals surface area contributed by atoms with E-state index in [1.165, 1.54) is 0 Å². The second-order valence-corrected chi connectivity index (χ2v) is 5.18. The summed E-state index contributed by atoms with van der Waals surface area (Å²) in [6.07, 6.45) is 2.29. The second kappa shape index (κ2) is 5.33. The van der Waals surface area contributed by atoms with Crippen LogP contribution < -0.4 is 0 Å². The lowest BCUT2D eigenvalue weighted by Crippen LogP contribution is -2.21. The Balaban J connectivity index is 1.75. The molecule has 1 unspecified atom stereocenters. The number of likely N-dealkylation sites (tertiary alicyclic amines) is 1. The van der Waals surface area contributed by atoms with Crippen LogP contribution in [0, 0.1) is 0 Å². The second-order valence-electron chi connectivity index (χ2n) is 4.78. The zero-order valence-electron chi connectivity index (χ0n) is 10.4. The van der Waals surface area contributed by atoms with Crippen molar-refractivity contribution in [1.29, 1.82) is 0 Å². The molecular formula is C14H15ClN2O2. The Hall–Kier alpha value is -1.36. The average Bonchev–Trinajstić information content (AvgIpc) is 3.00. The highest BCUT2D eigenvalue weighted by Gasteiger charge is 2.21. The normalized spacial score (nSPS) is 20.0. The molecule has 2 aromatic rings. The van der Waals surface area contributed by atoms with E-state index in [2.05, 4.69) is 9.88 Å². The number of hydrogen-bond acceptors (Lipinski definition) is 4. The molecule has 0 aliphatic carbocycles. The fourth-order valence-corrected chi connectivity index (χ4v) is 2.54. The summed E-state index contributed by atoms with van der Waals surface area (Å²) in [5.41, 5.74) is 0.851. The molecular weight excluding hydrogens is 264 g/mol. The maximum Gasteiger partial charge on any atom is 0.209 e. The molecule has 1 aromatic carbocycles. The average molecular weight is 279 g/mol. The minimum absolute atomic E-state index is 0.224. The van der Waals surface area contributed by atoms with Crippen molar-refractivity contribution in [3.05, 3.63) is 41.4 Å². The first-order valence-corrected chi connectivity index (χ1v) is 6.70. The van der Waals surface area contributed by atoms with Gasteiger partial charge in [-0.2, -0.15) is 0 Å². The van der Waals surface area contributed by atoms with Crippen molar-refractivity contribution in [3.63, 3.8) is 0 Å². The van der Waals surface area contributed by atoms with Crippen LogP contribution in [-0.2, 0) is 6.54 Å². The Morgan fingerprint density at radius 2 is 2.26 bits per heavy atom. The first-order chi connectivity index (χ1) is 9.22. The van der Waals surface area contributed by atoms with Crippen LogP contribution in [0.25, 0.3) is 11.3 Å². The number of aliphatic hydroxyl groups excluding tert-OH is 1. The number of halogens is 1. The van der Waals surface area contributed by atoms with E-state index in [0.29, 0.717) is 29.8 Å². The van der Waals surface area contributed by atoms with Gasteiger partial charge in [0, 0.05) is 18.7 Å². The molecule has 2 heterocycles. The summed E-state index contributed by atoms with van der Waals surface area (Å²) in [5, 5.41) is 10.1. The van der Waals surface area contributed by atoms with Crippen molar-refractivity contribution in [2.75, 3.05) is 13.1 Å². The van der Waals surface area contributed by atoms with Crippen molar-refractivity contribution < 1.29 is 9.52 Å². The summed E-state index contributed by atoms with van der Waals surface area (Å²) in [7, 11) is 0. The van der Waals surface area contributed by atoms with Crippen LogP contribution in [0.15, 0.2) is 34.9 Å². The molecule has 0 radical (unpaired) electrons. The van der Waals surface area contributed by atoms with Crippen LogP contribution >= 0.6 is 11.6 Å². The lowest BCUT2D eigenvalue weighted by atomic mass is 10.2. The van der Waals surface area contributed by atoms with Gasteiger partial charge in [0.2, 0.25) is 5.89 Å². The van der Waals surface area contributed by atoms with Crippen molar-refractivity contribution in [3.8, 4) is 11.3 Å². The van der Waals surface area contributed by atoms with Crippen LogP contribution in [0.5, 0.6) is 0 Å². The van der Waals surface area contributed by atoms with Gasteiger partial charge < -0.3 is 9.52 Å². The smallest absolute Gasteiger partial charge is 0.209 e. The lowest BCUT2D eigenvalue weighted by Gasteiger charge is -2.11. The molecule has 0 saturated carbocycles. The SMILES string of the molecule is OC1CCN(Cc2ncc(-c3ccccc3Cl)o2)C1. The number of rotatable bonds is 3. The molecule has 0 bridgehead atoms. The molecule has 3 rings (SSSR count). The topological polar surface area (TPSA) is 49.5 Å². The Kier molecular flexibility index (Phi) is 3.55. The Bertz CT molecular complexity index is 570. The van der Waals surface area contributed by atoms with Crippen LogP contribution in [0.2, 0.25) is 5.02 Å². The van der Waals surface area contributed by atoms with Crippen molar-refractivity contribution in [1.82, 2.24) is 9.88 Å². The van der Waals surface area contributed by atoms with Gasteiger partial charge in [-0.05, 0) is 18.6 Å². The maximum atomic E-state index is 9.49. The summed E-state index contributed by atoms with van der Waals surface area (Å²) in [5.74, 6) is 1.34. The van der Waals surface area contributed by atoms with Crippen molar-refractivity contribution in [2.24, 2.45) is 0 Å². The zero-order chi connectivity index (χ0) is 13.2. The van der Waals surface area contributed by atoms with Crippen LogP contribution in [-0.4, -0.2) is 34.2 Å². The van der Waals surface area contributed by atoms with Gasteiger partial charge in [0.15, 0.2) is 5.76 Å². The number of oxazole rings is 1. The summed E-state index contributed by atoms with van der Waals surface area (Å²) >= 11 is 6.13. The Labute approximate surface area is 116 Å². The number of aromatic nitrogens is 1. The zero-order valence-corrected chi connectivity index (χ0v) is 11.2. The van der Waals surface area contributed by atoms with Gasteiger partial charge in [-0.1, -0.05) is 23.7 Å². The first-order valence-electron chi connectivity index (χ1n) is 6.32. The van der Waals surface area contributed by atoms with Gasteiger partial charge in [0.05, 0.1) is 23.9 Å². The van der Waals surface area contributed by atoms with Gasteiger partial charge in [0.25, 0.3) is 0 Å². The monoisotopic (exact) mass is 278 g/mol. The largest absolute Gasteiger partial charge is 0.439 e. The highest BCUT2D eigenvalue weighted by Crippen LogP contribution is 2.28. The number of nitrogens with zero attached hydrogens (tertiary/aromatic N) is 2. The molecule has 0 spiro atoms. The molecule has 100 valence electrons. The molecule has 4 nitrogen and oxygen atoms in total. The van der Waals surface area contributed by atoms with E-state index in [1.807, 2.05) is 24.3 Å². The molecule has 5 heteroatoms. The van der Waals surface area contributed by atoms with Gasteiger partial charge in [0.1, 0.15) is 0 Å². The van der Waals surface area contributed by atoms with E-state index >= 15 is 0 Å². The van der Waals surface area contributed by atoms with Crippen molar-refractivity contribution in [2.45, 2.75) is 19.1 Å². The fourth-order valence-electron chi connectivity index (χ4n) is 2.32. The van der Waals surface area contributed by atoms with E-state index in [9.17, 15) is 5.11 Å². The summed E-state index contributed by atoms with van der Waals surface area (Å²) in [6.45, 7) is 2.19. The Morgan fingerprint density at radius 3 is 3.00 bits per heavy atom. The van der Waals surface area contributed by atoms with Gasteiger partial charge in [-0.25, -0.2) is 4.98 Å². The Morgan fingerprint density at radius 1 is 1.42 bits per heavy atom. The minimum Gasteiger partial charge on any atom is -0.439 e. The van der Waals surface area contributed by atoms with Crippen LogP contribution in [0.3, 0.4) is 0 Å². The molecule has 1 aliphatic rings. The number of β-amino-alcohol motifs (C(OH)–C–C–N with tert-alkyl or cyclic N) is 1. The van der Waals surface area contributed by atoms with Gasteiger partial charge >= 0.3 is 0 Å². The fraction of sp³-hybridized carbons (Fsp3) is 0.357. The predicted molar refractivity (Wildman–Crippen MR) is 72.8 cm³/mol. The van der Waals surface area contributed by atoms with Crippen LogP contribution in [0.4, 0.5) is 0 Å². The van der Waals surface area contributed by atoms with Crippen molar-refractivity contribution >= 4 is 11.6 Å². The third-order valence-electron chi connectivity index (χ3n) is 3.30. The standard InChI is InChI=1S/C14H15ClN2O2/c15-12-4-2-1-3-11(12)13-7-16-14(19-13)9-17-6-5-10(18)8-17/h1-4,7,10,18H,5-6,8-9H2. The summed E-state index contributed by atoms with van der Waals surface area (Å²) in [4.78, 5) is 6.41. The quantitative estimate of drug-likeness (QED) is 0.937. The highest BCUT2D eigenvalue weighted by molar-refractivity contribution is 6.33. The highest BCUT2D eigenvalue weighted by atomic mass is 35.5. The van der Waals surface area contributed by atoms with E-state index < -0.39 is 0 Å². The molecule has 1 saturated heterocycles. The van der Waals surface area contributed by atoms with Gasteiger partial charge in [-0.15, -0.1) is 0 Å². The molecule has 1 N–H and O–H groups in total. The minimum atomic E-state index is -0.224. The van der Waals surface area contributed by atoms with Gasteiger partial charge in [-0.3, -0.25) is 4.90 Å². The van der Waals surface area contributed by atoms with E-state index in [4.69, 9.17) is 16.0 Å². The summed E-state index contributed by atoms with van der Waals surface area (Å²) < 4.78 is 5.73. The maximum absolute atomic E-state index is 9.49. The summed E-state index contributed by atoms with van der Waals surface area (Å²) in [6, 6.07) is 7.54. The number of hydrogen-bond donors (Lipinski definition) is 1. The molecule has 1 aromatic heterocycles. The predicted octanol–water partition coefficient (Wildman–Crippen LogP) is 2.56. The third-order valence-corrected chi connectivity index (χ3v) is 3.63. The van der Waals surface area contributed by atoms with E-state index in [1.54, 1.807) is 6.20 Å².